The van der Waals surface area contributed by atoms with Crippen LogP contribution in [0.1, 0.15) is 57.9 Å². The molecule has 0 bridgehead atoms. The number of allylic oxidation sites excluding steroid dienone is 1. The van der Waals surface area contributed by atoms with Crippen molar-refractivity contribution in [3.63, 3.8) is 0 Å². The van der Waals surface area contributed by atoms with Gasteiger partial charge in [-0.2, -0.15) is 0 Å². The number of nitrogens with one attached hydrogen (secondary N) is 1. The van der Waals surface area contributed by atoms with E-state index in [0.29, 0.717) is 5.92 Å². The van der Waals surface area contributed by atoms with Crippen LogP contribution >= 0.6 is 0 Å². The van der Waals surface area contributed by atoms with Gasteiger partial charge < -0.3 is 15.3 Å². The fraction of sp³-hybridized carbons (Fsp3) is 0.609. The molecule has 0 spiro atoms. The van der Waals surface area contributed by atoms with Crippen LogP contribution in [-0.2, 0) is 10.4 Å². The maximum Gasteiger partial charge on any atom is 0.257 e. The lowest BCUT2D eigenvalue weighted by molar-refractivity contribution is -0.153. The first-order valence-corrected chi connectivity index (χ1v) is 10.5. The molecule has 2 aliphatic rings. The summed E-state index contributed by atoms with van der Waals surface area (Å²) in [6.45, 7) is 6.35. The molecule has 1 aliphatic heterocycles. The summed E-state index contributed by atoms with van der Waals surface area (Å²) >= 11 is 0. The van der Waals surface area contributed by atoms with E-state index < -0.39 is 5.60 Å². The number of benzene rings is 1. The van der Waals surface area contributed by atoms with Crippen LogP contribution in [0.3, 0.4) is 0 Å². The maximum atomic E-state index is 13.1. The number of likely N-dealkylation sites (tertiary alicyclic amines) is 1. The molecule has 2 fully saturated rings. The third kappa shape index (κ3) is 4.73. The Hall–Kier alpha value is -1.81. The summed E-state index contributed by atoms with van der Waals surface area (Å²) in [5, 5.41) is 14.6. The van der Waals surface area contributed by atoms with Gasteiger partial charge in [0.1, 0.15) is 0 Å². The summed E-state index contributed by atoms with van der Waals surface area (Å²) in [4.78, 5) is 15.4. The summed E-state index contributed by atoms with van der Waals surface area (Å²) in [6, 6.07) is 9.61. The second kappa shape index (κ2) is 8.92. The van der Waals surface area contributed by atoms with Crippen LogP contribution in [0.15, 0.2) is 42.6 Å². The van der Waals surface area contributed by atoms with E-state index in [4.69, 9.17) is 0 Å². The third-order valence-electron chi connectivity index (χ3n) is 6.04. The molecule has 1 saturated carbocycles. The Morgan fingerprint density at radius 2 is 1.89 bits per heavy atom. The number of nitrogens with zero attached hydrogens (tertiary/aromatic N) is 1. The molecule has 3 rings (SSSR count). The third-order valence-corrected chi connectivity index (χ3v) is 6.04. The number of carbonyl (C=O) groups excluding carboxylic acids is 1. The lowest BCUT2D eigenvalue weighted by atomic mass is 9.69. The van der Waals surface area contributed by atoms with Crippen molar-refractivity contribution < 1.29 is 9.90 Å². The van der Waals surface area contributed by atoms with E-state index in [2.05, 4.69) is 36.3 Å². The first kappa shape index (κ1) is 19.9. The van der Waals surface area contributed by atoms with E-state index in [1.165, 1.54) is 0 Å². The normalized spacial score (nSPS) is 21.3. The average molecular weight is 371 g/mol. The summed E-state index contributed by atoms with van der Waals surface area (Å²) < 4.78 is 0. The van der Waals surface area contributed by atoms with Gasteiger partial charge in [0.25, 0.3) is 5.91 Å². The van der Waals surface area contributed by atoms with Crippen LogP contribution < -0.4 is 5.32 Å². The van der Waals surface area contributed by atoms with Gasteiger partial charge in [-0.3, -0.25) is 4.79 Å². The van der Waals surface area contributed by atoms with Gasteiger partial charge in [-0.25, -0.2) is 0 Å². The Kier molecular flexibility index (Phi) is 6.59. The van der Waals surface area contributed by atoms with Crippen LogP contribution in [-0.4, -0.2) is 35.0 Å². The predicted octanol–water partition coefficient (Wildman–Crippen LogP) is 3.81. The molecule has 0 radical (unpaired) electrons. The van der Waals surface area contributed by atoms with Crippen LogP contribution in [0, 0.1) is 11.8 Å². The van der Waals surface area contributed by atoms with Gasteiger partial charge in [0, 0.05) is 25.0 Å². The van der Waals surface area contributed by atoms with E-state index in [-0.39, 0.29) is 17.9 Å². The Morgan fingerprint density at radius 3 is 2.44 bits per heavy atom. The van der Waals surface area contributed by atoms with E-state index >= 15 is 0 Å². The average Bonchev–Trinajstić information content (AvgIpc) is 2.62. The molecular formula is C23H34N2O2. The Labute approximate surface area is 163 Å². The number of hydrogen-bond acceptors (Lipinski definition) is 3. The first-order chi connectivity index (χ1) is 13.0. The summed E-state index contributed by atoms with van der Waals surface area (Å²) in [5.74, 6) is 0.492. The van der Waals surface area contributed by atoms with Gasteiger partial charge in [0.2, 0.25) is 0 Å². The van der Waals surface area contributed by atoms with Crippen molar-refractivity contribution in [1.82, 2.24) is 10.2 Å². The van der Waals surface area contributed by atoms with Crippen LogP contribution in [0.25, 0.3) is 0 Å². The predicted molar refractivity (Wildman–Crippen MR) is 109 cm³/mol. The highest BCUT2D eigenvalue weighted by Gasteiger charge is 2.48. The van der Waals surface area contributed by atoms with Crippen molar-refractivity contribution in [3.8, 4) is 0 Å². The van der Waals surface area contributed by atoms with Crippen molar-refractivity contribution in [2.24, 2.45) is 11.8 Å². The first-order valence-electron chi connectivity index (χ1n) is 10.5. The molecule has 0 aromatic heterocycles. The molecule has 1 amide bonds. The summed E-state index contributed by atoms with van der Waals surface area (Å²) in [6.07, 6.45) is 10.3. The molecule has 1 saturated heterocycles. The standard InChI is InChI=1S/C23H34N2O2/c1-18(2)8-7-15-25-16-13-21(14-17-25)24-22(26)23(27,20-11-6-12-20)19-9-4-3-5-10-19/h3-5,7,9-10,15,18,20-21,27H,6,8,11-14,16-17H2,1-2H3,(H,24,26). The molecule has 1 aromatic rings. The van der Waals surface area contributed by atoms with E-state index in [1.54, 1.807) is 0 Å². The molecule has 1 heterocycles. The maximum absolute atomic E-state index is 13.1. The minimum atomic E-state index is -1.40. The minimum absolute atomic E-state index is 0.0268. The zero-order valence-electron chi connectivity index (χ0n) is 16.7. The number of piperidine rings is 1. The second-order valence-electron chi connectivity index (χ2n) is 8.56. The zero-order chi connectivity index (χ0) is 19.3. The number of rotatable bonds is 7. The lowest BCUT2D eigenvalue weighted by Gasteiger charge is -2.42. The Morgan fingerprint density at radius 1 is 1.22 bits per heavy atom. The molecule has 4 heteroatoms. The van der Waals surface area contributed by atoms with Gasteiger partial charge in [-0.05, 0) is 49.8 Å². The van der Waals surface area contributed by atoms with Gasteiger partial charge in [-0.15, -0.1) is 0 Å². The van der Waals surface area contributed by atoms with Crippen molar-refractivity contribution in [3.05, 3.63) is 48.2 Å². The molecule has 2 N–H and O–H groups in total. The van der Waals surface area contributed by atoms with Crippen LogP contribution in [0.4, 0.5) is 0 Å². The zero-order valence-corrected chi connectivity index (χ0v) is 16.7. The fourth-order valence-electron chi connectivity index (χ4n) is 4.04. The van der Waals surface area contributed by atoms with E-state index in [1.807, 2.05) is 30.3 Å². The molecule has 27 heavy (non-hydrogen) atoms. The van der Waals surface area contributed by atoms with E-state index in [9.17, 15) is 9.90 Å². The number of amides is 1. The van der Waals surface area contributed by atoms with Crippen molar-refractivity contribution >= 4 is 5.91 Å². The van der Waals surface area contributed by atoms with Gasteiger partial charge >= 0.3 is 0 Å². The fourth-order valence-corrected chi connectivity index (χ4v) is 4.04. The van der Waals surface area contributed by atoms with Crippen molar-refractivity contribution in [1.29, 1.82) is 0 Å². The molecule has 4 nitrogen and oxygen atoms in total. The molecule has 1 atom stereocenters. The summed E-state index contributed by atoms with van der Waals surface area (Å²) in [5.41, 5.74) is -0.672. The lowest BCUT2D eigenvalue weighted by Crippen LogP contribution is -2.55. The van der Waals surface area contributed by atoms with Crippen molar-refractivity contribution in [2.45, 2.75) is 64.0 Å². The Balaban J connectivity index is 1.58. The number of aliphatic hydroxyl groups is 1. The minimum Gasteiger partial charge on any atom is -0.377 e. The largest absolute Gasteiger partial charge is 0.377 e. The molecule has 1 unspecified atom stereocenters. The summed E-state index contributed by atoms with van der Waals surface area (Å²) in [7, 11) is 0. The van der Waals surface area contributed by atoms with Crippen LogP contribution in [0.5, 0.6) is 0 Å². The highest BCUT2D eigenvalue weighted by atomic mass is 16.3. The monoisotopic (exact) mass is 370 g/mol. The topological polar surface area (TPSA) is 52.6 Å². The Bertz CT molecular complexity index is 631. The molecule has 148 valence electrons. The number of carbonyl (C=O) groups is 1. The quantitative estimate of drug-likeness (QED) is 0.767. The molecule has 1 aliphatic carbocycles. The van der Waals surface area contributed by atoms with E-state index in [0.717, 1.165) is 57.2 Å². The SMILES string of the molecule is CC(C)CC=CN1CCC(NC(=O)C(O)(c2ccccc2)C2CCC2)CC1. The molecular weight excluding hydrogens is 336 g/mol. The molecule has 1 aromatic carbocycles. The highest BCUT2D eigenvalue weighted by molar-refractivity contribution is 5.87. The van der Waals surface area contributed by atoms with Gasteiger partial charge in [-0.1, -0.05) is 56.7 Å². The smallest absolute Gasteiger partial charge is 0.257 e. The highest BCUT2D eigenvalue weighted by Crippen LogP contribution is 2.42. The van der Waals surface area contributed by atoms with Crippen LogP contribution in [0.2, 0.25) is 0 Å². The van der Waals surface area contributed by atoms with Gasteiger partial charge in [0.15, 0.2) is 5.60 Å². The second-order valence-corrected chi connectivity index (χ2v) is 8.56. The van der Waals surface area contributed by atoms with Crippen molar-refractivity contribution in [2.75, 3.05) is 13.1 Å². The number of hydrogen-bond donors (Lipinski definition) is 2. The van der Waals surface area contributed by atoms with Gasteiger partial charge in [0.05, 0.1) is 0 Å².